The summed E-state index contributed by atoms with van der Waals surface area (Å²) in [7, 11) is 1.59. The molecule has 7 nitrogen and oxygen atoms in total. The molecule has 2 heterocycles. The highest BCUT2D eigenvalue weighted by Crippen LogP contribution is 2.60. The van der Waals surface area contributed by atoms with Gasteiger partial charge in [0.25, 0.3) is 0 Å². The van der Waals surface area contributed by atoms with Crippen LogP contribution >= 0.6 is 8.60 Å². The molecule has 3 atom stereocenters. The third-order valence-corrected chi connectivity index (χ3v) is 8.41. The molecule has 4 aromatic rings. The van der Waals surface area contributed by atoms with Crippen molar-refractivity contribution >= 4 is 19.4 Å². The molecule has 1 fully saturated rings. The summed E-state index contributed by atoms with van der Waals surface area (Å²) in [5, 5.41) is 2.05. The van der Waals surface area contributed by atoms with Gasteiger partial charge in [-0.1, -0.05) is 70.2 Å². The van der Waals surface area contributed by atoms with Crippen LogP contribution in [0.5, 0.6) is 11.5 Å². The number of aromatic amines is 1. The SMILES string of the molecule is COc1cc2ccc([C@](OP3OCC(C)(C)C(c4ccccc4)O3)(c3cnc[nH]3)C(C)C)cc2cc1OC. The number of benzene rings is 3. The van der Waals surface area contributed by atoms with Gasteiger partial charge >= 0.3 is 8.60 Å². The summed E-state index contributed by atoms with van der Waals surface area (Å²) in [6.07, 6.45) is 3.33. The minimum atomic E-state index is -1.69. The maximum absolute atomic E-state index is 6.96. The molecule has 0 bridgehead atoms. The standard InChI is InChI=1S/C30H35N2O5P/c1-20(2)30(27-17-31-19-32-27,24-13-12-22-15-25(33-5)26(34-6)16-23(22)14-24)37-38-35-18-29(3,4)28(36-38)21-10-8-7-9-11-21/h7-17,19-20,28H,18H2,1-6H3,(H,31,32)/t28?,30-,38?/m0/s1. The van der Waals surface area contributed by atoms with Gasteiger partial charge in [0.15, 0.2) is 11.5 Å². The summed E-state index contributed by atoms with van der Waals surface area (Å²) in [5.41, 5.74) is 1.80. The molecule has 5 rings (SSSR count). The van der Waals surface area contributed by atoms with Crippen LogP contribution in [0.3, 0.4) is 0 Å². The number of imidazole rings is 1. The van der Waals surface area contributed by atoms with Crippen molar-refractivity contribution in [2.75, 3.05) is 20.8 Å². The zero-order chi connectivity index (χ0) is 26.9. The highest BCUT2D eigenvalue weighted by Gasteiger charge is 2.48. The molecule has 200 valence electrons. The Morgan fingerprint density at radius 2 is 1.71 bits per heavy atom. The van der Waals surface area contributed by atoms with Crippen molar-refractivity contribution in [2.24, 2.45) is 11.3 Å². The van der Waals surface area contributed by atoms with E-state index < -0.39 is 14.2 Å². The first-order valence-electron chi connectivity index (χ1n) is 12.8. The Morgan fingerprint density at radius 3 is 2.34 bits per heavy atom. The van der Waals surface area contributed by atoms with E-state index in [1.54, 1.807) is 20.5 Å². The van der Waals surface area contributed by atoms with Crippen molar-refractivity contribution in [1.29, 1.82) is 0 Å². The van der Waals surface area contributed by atoms with Crippen LogP contribution in [0.4, 0.5) is 0 Å². The molecule has 1 aromatic heterocycles. The number of aromatic nitrogens is 2. The Balaban J connectivity index is 1.58. The average molecular weight is 535 g/mol. The quantitative estimate of drug-likeness (QED) is 0.236. The molecule has 0 aliphatic carbocycles. The predicted molar refractivity (Wildman–Crippen MR) is 149 cm³/mol. The van der Waals surface area contributed by atoms with Crippen LogP contribution in [0.25, 0.3) is 10.8 Å². The van der Waals surface area contributed by atoms with E-state index in [2.05, 4.69) is 68.0 Å². The van der Waals surface area contributed by atoms with Gasteiger partial charge in [-0.25, -0.2) is 4.98 Å². The predicted octanol–water partition coefficient (Wildman–Crippen LogP) is 7.54. The monoisotopic (exact) mass is 534 g/mol. The number of rotatable bonds is 8. The highest BCUT2D eigenvalue weighted by atomic mass is 31.2. The molecule has 0 amide bonds. The van der Waals surface area contributed by atoms with Crippen LogP contribution in [0.1, 0.15) is 50.6 Å². The normalized spacial score (nSPS) is 20.8. The van der Waals surface area contributed by atoms with Gasteiger partial charge in [-0.2, -0.15) is 0 Å². The van der Waals surface area contributed by atoms with Crippen LogP contribution in [0.2, 0.25) is 0 Å². The van der Waals surface area contributed by atoms with Crippen molar-refractivity contribution in [3.05, 3.63) is 90.0 Å². The number of nitrogens with zero attached hydrogens (tertiary/aromatic N) is 1. The third-order valence-electron chi connectivity index (χ3n) is 7.25. The number of nitrogens with one attached hydrogen (secondary N) is 1. The first-order valence-corrected chi connectivity index (χ1v) is 13.9. The molecular formula is C30H35N2O5P. The molecule has 0 radical (unpaired) electrons. The molecule has 0 saturated carbocycles. The van der Waals surface area contributed by atoms with Gasteiger partial charge < -0.3 is 23.5 Å². The molecule has 0 spiro atoms. The lowest BCUT2D eigenvalue weighted by Crippen LogP contribution is -2.39. The van der Waals surface area contributed by atoms with Crippen molar-refractivity contribution in [3.63, 3.8) is 0 Å². The molecule has 1 N–H and O–H groups in total. The van der Waals surface area contributed by atoms with Crippen molar-refractivity contribution in [3.8, 4) is 11.5 Å². The van der Waals surface area contributed by atoms with Crippen LogP contribution in [-0.2, 0) is 19.2 Å². The Morgan fingerprint density at radius 1 is 1.00 bits per heavy atom. The second kappa shape index (κ2) is 10.7. The van der Waals surface area contributed by atoms with Gasteiger partial charge in [0.1, 0.15) is 5.60 Å². The minimum Gasteiger partial charge on any atom is -0.493 e. The van der Waals surface area contributed by atoms with E-state index in [1.165, 1.54) is 0 Å². The first-order chi connectivity index (χ1) is 18.3. The molecule has 38 heavy (non-hydrogen) atoms. The summed E-state index contributed by atoms with van der Waals surface area (Å²) >= 11 is 0. The molecule has 3 aromatic carbocycles. The Labute approximate surface area is 225 Å². The maximum atomic E-state index is 6.96. The molecule has 1 aliphatic heterocycles. The van der Waals surface area contributed by atoms with Gasteiger partial charge in [0.2, 0.25) is 0 Å². The number of methoxy groups -OCH3 is 2. The van der Waals surface area contributed by atoms with Gasteiger partial charge in [0, 0.05) is 5.41 Å². The lowest BCUT2D eigenvalue weighted by Gasteiger charge is -2.45. The van der Waals surface area contributed by atoms with E-state index in [-0.39, 0.29) is 17.4 Å². The van der Waals surface area contributed by atoms with E-state index in [4.69, 9.17) is 23.0 Å². The second-order valence-electron chi connectivity index (χ2n) is 10.6. The Bertz CT molecular complexity index is 1380. The van der Waals surface area contributed by atoms with Gasteiger partial charge in [0.05, 0.1) is 45.1 Å². The second-order valence-corrected chi connectivity index (χ2v) is 11.7. The molecule has 8 heteroatoms. The van der Waals surface area contributed by atoms with E-state index in [1.807, 2.05) is 36.5 Å². The van der Waals surface area contributed by atoms with Crippen molar-refractivity contribution in [1.82, 2.24) is 9.97 Å². The molecular weight excluding hydrogens is 499 g/mol. The summed E-state index contributed by atoms with van der Waals surface area (Å²) in [5.74, 6) is 1.38. The van der Waals surface area contributed by atoms with Crippen molar-refractivity contribution in [2.45, 2.75) is 39.4 Å². The first kappa shape index (κ1) is 26.6. The summed E-state index contributed by atoms with van der Waals surface area (Å²) in [6.45, 7) is 9.11. The Kier molecular flexibility index (Phi) is 7.47. The number of ether oxygens (including phenoxy) is 2. The number of fused-ring (bicyclic) bond motifs is 1. The van der Waals surface area contributed by atoms with E-state index in [0.717, 1.165) is 27.6 Å². The largest absolute Gasteiger partial charge is 0.493 e. The van der Waals surface area contributed by atoms with Gasteiger partial charge in [-0.15, -0.1) is 0 Å². The fourth-order valence-electron chi connectivity index (χ4n) is 5.13. The molecule has 2 unspecified atom stereocenters. The summed E-state index contributed by atoms with van der Waals surface area (Å²) in [4.78, 5) is 7.65. The summed E-state index contributed by atoms with van der Waals surface area (Å²) < 4.78 is 30.9. The fraction of sp³-hybridized carbons (Fsp3) is 0.367. The minimum absolute atomic E-state index is 0.0142. The Hall–Kier alpha value is -2.96. The van der Waals surface area contributed by atoms with Gasteiger partial charge in [-0.3, -0.25) is 4.52 Å². The lowest BCUT2D eigenvalue weighted by atomic mass is 9.80. The third kappa shape index (κ3) is 4.80. The van der Waals surface area contributed by atoms with Crippen LogP contribution in [0.15, 0.2) is 73.2 Å². The lowest BCUT2D eigenvalue weighted by molar-refractivity contribution is -0.0637. The smallest absolute Gasteiger partial charge is 0.334 e. The number of hydrogen-bond donors (Lipinski definition) is 1. The van der Waals surface area contributed by atoms with Gasteiger partial charge in [-0.05, 0) is 46.0 Å². The number of H-pyrrole nitrogens is 1. The van der Waals surface area contributed by atoms with Crippen LogP contribution in [-0.4, -0.2) is 30.8 Å². The average Bonchev–Trinajstić information content (AvgIpc) is 3.47. The van der Waals surface area contributed by atoms with Crippen LogP contribution < -0.4 is 9.47 Å². The molecule has 1 aliphatic rings. The highest BCUT2D eigenvalue weighted by molar-refractivity contribution is 7.41. The fourth-order valence-corrected chi connectivity index (χ4v) is 6.95. The van der Waals surface area contributed by atoms with E-state index in [0.29, 0.717) is 18.1 Å². The zero-order valence-corrected chi connectivity index (χ0v) is 23.6. The van der Waals surface area contributed by atoms with E-state index >= 15 is 0 Å². The number of hydrogen-bond acceptors (Lipinski definition) is 6. The molecule has 1 saturated heterocycles. The zero-order valence-electron chi connectivity index (χ0n) is 22.7. The summed E-state index contributed by atoms with van der Waals surface area (Å²) in [6, 6.07) is 20.6. The van der Waals surface area contributed by atoms with Crippen molar-refractivity contribution < 1.29 is 23.0 Å². The van der Waals surface area contributed by atoms with Crippen LogP contribution in [0, 0.1) is 11.3 Å². The maximum Gasteiger partial charge on any atom is 0.334 e. The topological polar surface area (TPSA) is 74.8 Å². The van der Waals surface area contributed by atoms with E-state index in [9.17, 15) is 0 Å².